The fourth-order valence-electron chi connectivity index (χ4n) is 2.92. The quantitative estimate of drug-likeness (QED) is 0.893. The summed E-state index contributed by atoms with van der Waals surface area (Å²) in [6.07, 6.45) is 1.53. The van der Waals surface area contributed by atoms with E-state index in [0.29, 0.717) is 5.82 Å². The van der Waals surface area contributed by atoms with Crippen molar-refractivity contribution in [2.45, 2.75) is 26.3 Å². The van der Waals surface area contributed by atoms with Gasteiger partial charge in [0, 0.05) is 24.7 Å². The molecule has 0 atom stereocenters. The average Bonchev–Trinajstić information content (AvgIpc) is 3.11. The normalized spacial score (nSPS) is 13.7. The van der Waals surface area contributed by atoms with Crippen molar-refractivity contribution < 1.29 is 9.59 Å². The molecule has 1 heterocycles. The molecule has 120 valence electrons. The van der Waals surface area contributed by atoms with Gasteiger partial charge in [-0.25, -0.2) is 0 Å². The van der Waals surface area contributed by atoms with Crippen LogP contribution < -0.4 is 10.6 Å². The zero-order valence-corrected chi connectivity index (χ0v) is 13.3. The van der Waals surface area contributed by atoms with Crippen molar-refractivity contribution >= 4 is 17.6 Å². The minimum atomic E-state index is -0.125. The molecule has 0 unspecified atom stereocenters. The first-order valence-electron chi connectivity index (χ1n) is 7.69. The molecule has 1 aliphatic rings. The lowest BCUT2D eigenvalue weighted by Crippen LogP contribution is -2.25. The number of nitrogens with one attached hydrogen (secondary N) is 2. The van der Waals surface area contributed by atoms with Crippen molar-refractivity contribution in [2.75, 3.05) is 12.4 Å². The van der Waals surface area contributed by atoms with E-state index in [9.17, 15) is 9.59 Å². The van der Waals surface area contributed by atoms with Gasteiger partial charge in [-0.15, -0.1) is 0 Å². The van der Waals surface area contributed by atoms with Crippen LogP contribution >= 0.6 is 0 Å². The zero-order chi connectivity index (χ0) is 16.4. The Labute approximate surface area is 134 Å². The number of aryl methyl sites for hydroxylation is 1. The Morgan fingerprint density at radius 3 is 2.52 bits per heavy atom. The third-order valence-electron chi connectivity index (χ3n) is 4.23. The highest BCUT2D eigenvalue weighted by Crippen LogP contribution is 2.27. The van der Waals surface area contributed by atoms with Crippen molar-refractivity contribution in [1.29, 1.82) is 0 Å². The molecule has 0 spiro atoms. The molecular weight excluding hydrogens is 292 g/mol. The molecule has 3 rings (SSSR count). The summed E-state index contributed by atoms with van der Waals surface area (Å²) in [6.45, 7) is 2.00. The predicted molar refractivity (Wildman–Crippen MR) is 87.0 cm³/mol. The van der Waals surface area contributed by atoms with Gasteiger partial charge in [0.25, 0.3) is 0 Å². The number of rotatable bonds is 4. The van der Waals surface area contributed by atoms with E-state index in [1.54, 1.807) is 17.8 Å². The van der Waals surface area contributed by atoms with E-state index in [1.807, 2.05) is 19.1 Å². The minimum Gasteiger partial charge on any atom is -0.358 e. The summed E-state index contributed by atoms with van der Waals surface area (Å²) in [4.78, 5) is 23.9. The van der Waals surface area contributed by atoms with Crippen LogP contribution in [0.1, 0.15) is 16.8 Å². The molecule has 1 aromatic carbocycles. The van der Waals surface area contributed by atoms with Gasteiger partial charge < -0.3 is 10.6 Å². The number of carbonyl (C=O) groups is 2. The van der Waals surface area contributed by atoms with Crippen LogP contribution in [0.3, 0.4) is 0 Å². The van der Waals surface area contributed by atoms with E-state index in [1.165, 1.54) is 11.1 Å². The Hall–Kier alpha value is -2.63. The molecule has 1 aromatic heterocycles. The van der Waals surface area contributed by atoms with Crippen molar-refractivity contribution in [3.63, 3.8) is 0 Å². The average molecular weight is 312 g/mol. The maximum atomic E-state index is 12.4. The van der Waals surface area contributed by atoms with Crippen LogP contribution in [0.15, 0.2) is 30.3 Å². The maximum absolute atomic E-state index is 12.4. The molecule has 2 amide bonds. The molecule has 0 saturated heterocycles. The van der Waals surface area contributed by atoms with E-state index >= 15 is 0 Å². The highest BCUT2D eigenvalue weighted by molar-refractivity contribution is 5.92. The van der Waals surface area contributed by atoms with Gasteiger partial charge in [-0.2, -0.15) is 5.10 Å². The number of benzene rings is 1. The van der Waals surface area contributed by atoms with E-state index in [4.69, 9.17) is 0 Å². The second kappa shape index (κ2) is 6.24. The molecule has 0 fully saturated rings. The Morgan fingerprint density at radius 1 is 1.26 bits per heavy atom. The van der Waals surface area contributed by atoms with Gasteiger partial charge >= 0.3 is 0 Å². The SMILES string of the molecule is CNC(=O)Cn1nc(NC(=O)C2Cc3ccccc3C2)cc1C. The van der Waals surface area contributed by atoms with Gasteiger partial charge in [-0.3, -0.25) is 14.3 Å². The molecule has 2 N–H and O–H groups in total. The summed E-state index contributed by atoms with van der Waals surface area (Å²) in [6, 6.07) is 9.93. The number of hydrogen-bond acceptors (Lipinski definition) is 3. The van der Waals surface area contributed by atoms with Crippen molar-refractivity contribution in [3.05, 3.63) is 47.2 Å². The monoisotopic (exact) mass is 312 g/mol. The second-order valence-electron chi connectivity index (χ2n) is 5.86. The van der Waals surface area contributed by atoms with Crippen molar-refractivity contribution in [1.82, 2.24) is 15.1 Å². The van der Waals surface area contributed by atoms with E-state index in [-0.39, 0.29) is 24.3 Å². The number of anilines is 1. The molecule has 2 aromatic rings. The smallest absolute Gasteiger partial charge is 0.241 e. The van der Waals surface area contributed by atoms with Gasteiger partial charge in [-0.1, -0.05) is 24.3 Å². The first-order valence-corrected chi connectivity index (χ1v) is 7.69. The molecule has 0 bridgehead atoms. The van der Waals surface area contributed by atoms with Gasteiger partial charge in [0.15, 0.2) is 5.82 Å². The number of amides is 2. The summed E-state index contributed by atoms with van der Waals surface area (Å²) in [5.74, 6) is 0.287. The number of fused-ring (bicyclic) bond motifs is 1. The first kappa shape index (κ1) is 15.3. The van der Waals surface area contributed by atoms with E-state index in [0.717, 1.165) is 18.5 Å². The Morgan fingerprint density at radius 2 is 1.91 bits per heavy atom. The third-order valence-corrected chi connectivity index (χ3v) is 4.23. The van der Waals surface area contributed by atoms with Crippen LogP contribution in [0.4, 0.5) is 5.82 Å². The topological polar surface area (TPSA) is 76.0 Å². The first-order chi connectivity index (χ1) is 11.1. The molecule has 0 radical (unpaired) electrons. The standard InChI is InChI=1S/C17H20N4O2/c1-11-7-15(20-21(11)10-16(22)18-2)19-17(23)14-8-12-5-3-4-6-13(12)9-14/h3-7,14H,8-10H2,1-2H3,(H,18,22)(H,19,20,23). The van der Waals surface area contributed by atoms with Gasteiger partial charge in [-0.05, 0) is 30.9 Å². The number of nitrogens with zero attached hydrogens (tertiary/aromatic N) is 2. The fraction of sp³-hybridized carbons (Fsp3) is 0.353. The highest BCUT2D eigenvalue weighted by Gasteiger charge is 2.27. The fourth-order valence-corrected chi connectivity index (χ4v) is 2.92. The molecule has 6 heteroatoms. The summed E-state index contributed by atoms with van der Waals surface area (Å²) < 4.78 is 1.58. The lowest BCUT2D eigenvalue weighted by molar-refractivity contribution is -0.121. The second-order valence-corrected chi connectivity index (χ2v) is 5.86. The Kier molecular flexibility index (Phi) is 4.14. The van der Waals surface area contributed by atoms with Gasteiger partial charge in [0.2, 0.25) is 11.8 Å². The summed E-state index contributed by atoms with van der Waals surface area (Å²) in [5.41, 5.74) is 3.32. The van der Waals surface area contributed by atoms with Crippen LogP contribution in [0.2, 0.25) is 0 Å². The van der Waals surface area contributed by atoms with Crippen LogP contribution in [-0.2, 0) is 29.0 Å². The Balaban J connectivity index is 1.65. The summed E-state index contributed by atoms with van der Waals surface area (Å²) in [5, 5.41) is 9.71. The van der Waals surface area contributed by atoms with Crippen molar-refractivity contribution in [2.24, 2.45) is 5.92 Å². The zero-order valence-electron chi connectivity index (χ0n) is 13.3. The minimum absolute atomic E-state index is 0.0224. The predicted octanol–water partition coefficient (Wildman–Crippen LogP) is 1.29. The molecule has 1 aliphatic carbocycles. The number of aromatic nitrogens is 2. The molecule has 0 aliphatic heterocycles. The lowest BCUT2D eigenvalue weighted by Gasteiger charge is -2.08. The summed E-state index contributed by atoms with van der Waals surface area (Å²) in [7, 11) is 1.58. The van der Waals surface area contributed by atoms with Crippen molar-refractivity contribution in [3.8, 4) is 0 Å². The van der Waals surface area contributed by atoms with Gasteiger partial charge in [0.05, 0.1) is 0 Å². The highest BCUT2D eigenvalue weighted by atomic mass is 16.2. The largest absolute Gasteiger partial charge is 0.358 e. The molecule has 23 heavy (non-hydrogen) atoms. The van der Waals surface area contributed by atoms with E-state index < -0.39 is 0 Å². The number of hydrogen-bond donors (Lipinski definition) is 2. The maximum Gasteiger partial charge on any atom is 0.241 e. The number of carbonyl (C=O) groups excluding carboxylic acids is 2. The Bertz CT molecular complexity index is 726. The lowest BCUT2D eigenvalue weighted by atomic mass is 10.1. The third kappa shape index (κ3) is 3.26. The van der Waals surface area contributed by atoms with Crippen LogP contribution in [0, 0.1) is 12.8 Å². The number of likely N-dealkylation sites (N-methyl/N-ethyl adjacent to an activating group) is 1. The molecule has 0 saturated carbocycles. The van der Waals surface area contributed by atoms with Crippen LogP contribution in [0.25, 0.3) is 0 Å². The summed E-state index contributed by atoms with van der Waals surface area (Å²) >= 11 is 0. The molecule has 6 nitrogen and oxygen atoms in total. The van der Waals surface area contributed by atoms with Crippen LogP contribution in [0.5, 0.6) is 0 Å². The van der Waals surface area contributed by atoms with Crippen LogP contribution in [-0.4, -0.2) is 28.6 Å². The van der Waals surface area contributed by atoms with E-state index in [2.05, 4.69) is 27.9 Å². The molecular formula is C17H20N4O2. The van der Waals surface area contributed by atoms with Gasteiger partial charge in [0.1, 0.15) is 6.54 Å².